The van der Waals surface area contributed by atoms with Crippen molar-refractivity contribution in [3.05, 3.63) is 28.2 Å². The summed E-state index contributed by atoms with van der Waals surface area (Å²) in [5.41, 5.74) is 1.45. The topological polar surface area (TPSA) is 49.3 Å². The van der Waals surface area contributed by atoms with Crippen LogP contribution < -0.4 is 5.32 Å². The fraction of sp³-hybridized carbons (Fsp3) is 0.500. The van der Waals surface area contributed by atoms with Crippen molar-refractivity contribution in [2.24, 2.45) is 5.41 Å². The minimum absolute atomic E-state index is 0.270. The molecule has 1 fully saturated rings. The highest BCUT2D eigenvalue weighted by molar-refractivity contribution is 9.10. The van der Waals surface area contributed by atoms with Crippen molar-refractivity contribution >= 4 is 27.6 Å². The number of carboxylic acid groups (broad SMARTS) is 1. The predicted molar refractivity (Wildman–Crippen MR) is 76.1 cm³/mol. The number of aromatic carboxylic acids is 1. The molecule has 0 aromatic heterocycles. The lowest BCUT2D eigenvalue weighted by atomic mass is 9.87. The van der Waals surface area contributed by atoms with Crippen molar-refractivity contribution in [2.75, 3.05) is 5.32 Å². The largest absolute Gasteiger partial charge is 0.478 e. The Bertz CT molecular complexity index is 471. The van der Waals surface area contributed by atoms with Gasteiger partial charge in [-0.2, -0.15) is 0 Å². The lowest BCUT2D eigenvalue weighted by molar-refractivity contribution is 0.0697. The second-order valence-corrected chi connectivity index (χ2v) is 6.53. The Labute approximate surface area is 116 Å². The lowest BCUT2D eigenvalue weighted by Gasteiger charge is -2.29. The first-order valence-corrected chi connectivity index (χ1v) is 6.98. The van der Waals surface area contributed by atoms with E-state index in [2.05, 4.69) is 35.1 Å². The van der Waals surface area contributed by atoms with Crippen molar-refractivity contribution in [2.45, 2.75) is 39.2 Å². The number of halogens is 1. The number of rotatable bonds is 3. The summed E-state index contributed by atoms with van der Waals surface area (Å²) in [6.45, 7) is 4.52. The predicted octanol–water partition coefficient (Wildman–Crippen LogP) is 4.14. The summed E-state index contributed by atoms with van der Waals surface area (Å²) >= 11 is 3.36. The zero-order valence-corrected chi connectivity index (χ0v) is 12.3. The van der Waals surface area contributed by atoms with Crippen LogP contribution in [0.3, 0.4) is 0 Å². The number of benzene rings is 1. The van der Waals surface area contributed by atoms with E-state index < -0.39 is 5.97 Å². The van der Waals surface area contributed by atoms with Gasteiger partial charge in [0, 0.05) is 16.2 Å². The molecule has 0 saturated heterocycles. The van der Waals surface area contributed by atoms with Gasteiger partial charge in [-0.25, -0.2) is 4.79 Å². The molecule has 0 aliphatic heterocycles. The first-order valence-electron chi connectivity index (χ1n) is 6.19. The fourth-order valence-corrected chi connectivity index (χ4v) is 3.09. The lowest BCUT2D eigenvalue weighted by Crippen LogP contribution is -2.30. The molecule has 1 aliphatic rings. The molecule has 3 nitrogen and oxygen atoms in total. The maximum absolute atomic E-state index is 11.0. The standard InChI is InChI=1S/C14H18BrNO2/c1-14(2)5-3-4-12(14)16-11-7-9(13(17)18)6-10(15)8-11/h6-8,12,16H,3-5H2,1-2H3,(H,17,18). The van der Waals surface area contributed by atoms with E-state index in [-0.39, 0.29) is 5.41 Å². The van der Waals surface area contributed by atoms with Crippen molar-refractivity contribution in [3.8, 4) is 0 Å². The molecule has 98 valence electrons. The molecule has 1 saturated carbocycles. The average molecular weight is 312 g/mol. The molecule has 0 radical (unpaired) electrons. The second kappa shape index (κ2) is 4.92. The number of hydrogen-bond acceptors (Lipinski definition) is 2. The molecular weight excluding hydrogens is 294 g/mol. The van der Waals surface area contributed by atoms with E-state index in [9.17, 15) is 4.79 Å². The van der Waals surface area contributed by atoms with Crippen molar-refractivity contribution in [1.82, 2.24) is 0 Å². The number of hydrogen-bond donors (Lipinski definition) is 2. The van der Waals surface area contributed by atoms with Gasteiger partial charge in [-0.3, -0.25) is 0 Å². The molecule has 1 unspecified atom stereocenters. The van der Waals surface area contributed by atoms with Gasteiger partial charge in [0.05, 0.1) is 5.56 Å². The van der Waals surface area contributed by atoms with E-state index >= 15 is 0 Å². The summed E-state index contributed by atoms with van der Waals surface area (Å²) in [7, 11) is 0. The molecule has 1 aromatic carbocycles. The highest BCUT2D eigenvalue weighted by Gasteiger charge is 2.34. The molecule has 0 amide bonds. The van der Waals surface area contributed by atoms with E-state index in [0.717, 1.165) is 16.6 Å². The maximum Gasteiger partial charge on any atom is 0.335 e. The van der Waals surface area contributed by atoms with Crippen LogP contribution in [-0.2, 0) is 0 Å². The maximum atomic E-state index is 11.0. The SMILES string of the molecule is CC1(C)CCCC1Nc1cc(Br)cc(C(=O)O)c1. The van der Waals surface area contributed by atoms with Crippen molar-refractivity contribution < 1.29 is 9.90 Å². The zero-order chi connectivity index (χ0) is 13.3. The van der Waals surface area contributed by atoms with E-state index in [4.69, 9.17) is 5.11 Å². The summed E-state index contributed by atoms with van der Waals surface area (Å²) in [6.07, 6.45) is 3.58. The van der Waals surface area contributed by atoms with E-state index in [1.165, 1.54) is 12.8 Å². The molecule has 1 atom stereocenters. The summed E-state index contributed by atoms with van der Waals surface area (Å²) in [6, 6.07) is 5.66. The Morgan fingerprint density at radius 1 is 1.44 bits per heavy atom. The normalized spacial score (nSPS) is 21.8. The molecule has 4 heteroatoms. The van der Waals surface area contributed by atoms with Gasteiger partial charge in [-0.05, 0) is 36.5 Å². The van der Waals surface area contributed by atoms with Gasteiger partial charge in [0.25, 0.3) is 0 Å². The Morgan fingerprint density at radius 3 is 2.72 bits per heavy atom. The minimum Gasteiger partial charge on any atom is -0.478 e. The Hall–Kier alpha value is -1.03. The number of anilines is 1. The molecule has 2 rings (SSSR count). The van der Waals surface area contributed by atoms with Crippen LogP contribution in [0.2, 0.25) is 0 Å². The van der Waals surface area contributed by atoms with Crippen LogP contribution in [0.4, 0.5) is 5.69 Å². The number of nitrogens with one attached hydrogen (secondary N) is 1. The van der Waals surface area contributed by atoms with Crippen LogP contribution in [0.25, 0.3) is 0 Å². The quantitative estimate of drug-likeness (QED) is 0.882. The van der Waals surface area contributed by atoms with E-state index in [1.807, 2.05) is 6.07 Å². The number of carboxylic acids is 1. The Balaban J connectivity index is 2.21. The molecule has 1 aliphatic carbocycles. The molecule has 18 heavy (non-hydrogen) atoms. The summed E-state index contributed by atoms with van der Waals surface area (Å²) in [5, 5.41) is 12.5. The van der Waals surface area contributed by atoms with Gasteiger partial charge in [0.15, 0.2) is 0 Å². The number of carbonyl (C=O) groups is 1. The molecule has 2 N–H and O–H groups in total. The molecule has 0 heterocycles. The molecule has 0 bridgehead atoms. The van der Waals surface area contributed by atoms with Gasteiger partial charge < -0.3 is 10.4 Å². The van der Waals surface area contributed by atoms with Crippen LogP contribution in [0.5, 0.6) is 0 Å². The first-order chi connectivity index (χ1) is 8.38. The van der Waals surface area contributed by atoms with E-state index in [1.54, 1.807) is 12.1 Å². The van der Waals surface area contributed by atoms with Gasteiger partial charge >= 0.3 is 5.97 Å². The second-order valence-electron chi connectivity index (χ2n) is 5.61. The third-order valence-electron chi connectivity index (χ3n) is 3.74. The third kappa shape index (κ3) is 2.86. The first kappa shape index (κ1) is 13.4. The van der Waals surface area contributed by atoms with Crippen molar-refractivity contribution in [1.29, 1.82) is 0 Å². The summed E-state index contributed by atoms with van der Waals surface area (Å²) in [4.78, 5) is 11.0. The van der Waals surface area contributed by atoms with Gasteiger partial charge in [-0.15, -0.1) is 0 Å². The minimum atomic E-state index is -0.898. The van der Waals surface area contributed by atoms with E-state index in [0.29, 0.717) is 11.6 Å². The monoisotopic (exact) mass is 311 g/mol. The summed E-state index contributed by atoms with van der Waals surface area (Å²) < 4.78 is 0.792. The molecular formula is C14H18BrNO2. The smallest absolute Gasteiger partial charge is 0.335 e. The molecule has 0 spiro atoms. The molecule has 1 aromatic rings. The van der Waals surface area contributed by atoms with Crippen LogP contribution in [0, 0.1) is 5.41 Å². The van der Waals surface area contributed by atoms with Gasteiger partial charge in [0.2, 0.25) is 0 Å². The Morgan fingerprint density at radius 2 is 2.17 bits per heavy atom. The van der Waals surface area contributed by atoms with Crippen LogP contribution in [-0.4, -0.2) is 17.1 Å². The third-order valence-corrected chi connectivity index (χ3v) is 4.20. The van der Waals surface area contributed by atoms with Gasteiger partial charge in [0.1, 0.15) is 0 Å². The van der Waals surface area contributed by atoms with Crippen LogP contribution >= 0.6 is 15.9 Å². The summed E-state index contributed by atoms with van der Waals surface area (Å²) in [5.74, 6) is -0.898. The Kier molecular flexibility index (Phi) is 3.66. The van der Waals surface area contributed by atoms with Crippen molar-refractivity contribution in [3.63, 3.8) is 0 Å². The van der Waals surface area contributed by atoms with Gasteiger partial charge in [-0.1, -0.05) is 36.2 Å². The highest BCUT2D eigenvalue weighted by atomic mass is 79.9. The van der Waals surface area contributed by atoms with Crippen LogP contribution in [0.1, 0.15) is 43.5 Å². The zero-order valence-electron chi connectivity index (χ0n) is 10.7. The average Bonchev–Trinajstić information content (AvgIpc) is 2.57. The highest BCUT2D eigenvalue weighted by Crippen LogP contribution is 2.39. The fourth-order valence-electron chi connectivity index (χ4n) is 2.59. The van der Waals surface area contributed by atoms with Crippen LogP contribution in [0.15, 0.2) is 22.7 Å².